The molecule has 7 nitrogen and oxygen atoms in total. The summed E-state index contributed by atoms with van der Waals surface area (Å²) in [6.45, 7) is 1.86. The van der Waals surface area contributed by atoms with Crippen molar-refractivity contribution < 1.29 is 23.8 Å². The minimum absolute atomic E-state index is 0.0316. The van der Waals surface area contributed by atoms with Crippen LogP contribution in [-0.2, 0) is 0 Å². The van der Waals surface area contributed by atoms with Crippen molar-refractivity contribution in [2.24, 2.45) is 4.99 Å². The number of anilines is 1. The summed E-state index contributed by atoms with van der Waals surface area (Å²) in [4.78, 5) is 18.2. The summed E-state index contributed by atoms with van der Waals surface area (Å²) < 4.78 is 17.0. The number of rotatable bonds is 6. The zero-order valence-electron chi connectivity index (χ0n) is 22.4. The number of hydrogen-bond acceptors (Lipinski definition) is 7. The van der Waals surface area contributed by atoms with Crippen LogP contribution in [-0.4, -0.2) is 30.8 Å². The SMILES string of the molecule is COc1ccc(C2CC(c3cc4c(C)c(C(=O)c5ccccc5)oc4cc3O)=Nc3ccccc3N2)cc1OC. The highest BCUT2D eigenvalue weighted by Gasteiger charge is 2.26. The van der Waals surface area contributed by atoms with Gasteiger partial charge >= 0.3 is 0 Å². The van der Waals surface area contributed by atoms with Gasteiger partial charge < -0.3 is 24.3 Å². The van der Waals surface area contributed by atoms with E-state index in [0.29, 0.717) is 45.9 Å². The van der Waals surface area contributed by atoms with Gasteiger partial charge in [-0.1, -0.05) is 48.5 Å². The maximum absolute atomic E-state index is 13.2. The fourth-order valence-electron chi connectivity index (χ4n) is 5.18. The normalized spacial score (nSPS) is 14.6. The molecule has 0 aliphatic carbocycles. The molecule has 40 heavy (non-hydrogen) atoms. The second kappa shape index (κ2) is 10.3. The van der Waals surface area contributed by atoms with Crippen LogP contribution in [0.25, 0.3) is 11.0 Å². The number of phenols is 1. The number of fused-ring (bicyclic) bond motifs is 2. The molecule has 1 aliphatic heterocycles. The van der Waals surface area contributed by atoms with Crippen molar-refractivity contribution in [1.29, 1.82) is 0 Å². The zero-order valence-corrected chi connectivity index (χ0v) is 22.4. The summed E-state index contributed by atoms with van der Waals surface area (Å²) in [7, 11) is 3.22. The van der Waals surface area contributed by atoms with Crippen molar-refractivity contribution in [2.75, 3.05) is 19.5 Å². The molecule has 5 aromatic rings. The number of nitrogens with zero attached hydrogens (tertiary/aromatic N) is 1. The van der Waals surface area contributed by atoms with E-state index in [1.54, 1.807) is 32.4 Å². The average molecular weight is 533 g/mol. The van der Waals surface area contributed by atoms with Crippen LogP contribution in [0.3, 0.4) is 0 Å². The van der Waals surface area contributed by atoms with Gasteiger partial charge in [-0.3, -0.25) is 9.79 Å². The summed E-state index contributed by atoms with van der Waals surface area (Å²) in [5.41, 5.74) is 5.63. The van der Waals surface area contributed by atoms with Crippen molar-refractivity contribution in [1.82, 2.24) is 0 Å². The maximum Gasteiger partial charge on any atom is 0.228 e. The molecule has 0 bridgehead atoms. The minimum Gasteiger partial charge on any atom is -0.507 e. The van der Waals surface area contributed by atoms with Gasteiger partial charge in [-0.2, -0.15) is 0 Å². The van der Waals surface area contributed by atoms with E-state index >= 15 is 0 Å². The van der Waals surface area contributed by atoms with Crippen LogP contribution >= 0.6 is 0 Å². The quantitative estimate of drug-likeness (QED) is 0.222. The van der Waals surface area contributed by atoms with Gasteiger partial charge in [0.2, 0.25) is 5.78 Å². The van der Waals surface area contributed by atoms with Gasteiger partial charge in [0.05, 0.1) is 37.3 Å². The van der Waals surface area contributed by atoms with Crippen LogP contribution in [0.4, 0.5) is 11.4 Å². The third-order valence-corrected chi connectivity index (χ3v) is 7.30. The molecule has 0 spiro atoms. The molecule has 0 fully saturated rings. The van der Waals surface area contributed by atoms with Crippen molar-refractivity contribution in [2.45, 2.75) is 19.4 Å². The number of benzene rings is 4. The third kappa shape index (κ3) is 4.45. The van der Waals surface area contributed by atoms with E-state index in [1.807, 2.05) is 73.7 Å². The van der Waals surface area contributed by atoms with E-state index in [4.69, 9.17) is 18.9 Å². The first-order chi connectivity index (χ1) is 19.5. The molecule has 0 amide bonds. The molecule has 0 saturated heterocycles. The monoisotopic (exact) mass is 532 g/mol. The lowest BCUT2D eigenvalue weighted by atomic mass is 9.95. The van der Waals surface area contributed by atoms with E-state index < -0.39 is 0 Å². The van der Waals surface area contributed by atoms with E-state index in [0.717, 1.165) is 22.3 Å². The fourth-order valence-corrected chi connectivity index (χ4v) is 5.18. The predicted molar refractivity (Wildman–Crippen MR) is 156 cm³/mol. The van der Waals surface area contributed by atoms with Crippen LogP contribution in [0.1, 0.15) is 45.3 Å². The van der Waals surface area contributed by atoms with Crippen LogP contribution in [0.15, 0.2) is 94.3 Å². The Morgan fingerprint density at radius 2 is 1.70 bits per heavy atom. The topological polar surface area (TPSA) is 93.3 Å². The van der Waals surface area contributed by atoms with Gasteiger partial charge in [0, 0.05) is 34.6 Å². The minimum atomic E-state index is -0.200. The summed E-state index contributed by atoms with van der Waals surface area (Å²) in [5, 5.41) is 15.5. The number of ether oxygens (including phenoxy) is 2. The number of nitrogens with one attached hydrogen (secondary N) is 1. The predicted octanol–water partition coefficient (Wildman–Crippen LogP) is 7.37. The Morgan fingerprint density at radius 1 is 0.950 bits per heavy atom. The number of furan rings is 1. The number of para-hydroxylation sites is 2. The Bertz CT molecular complexity index is 1770. The first-order valence-electron chi connectivity index (χ1n) is 13.0. The lowest BCUT2D eigenvalue weighted by molar-refractivity contribution is 0.101. The Kier molecular flexibility index (Phi) is 6.48. The molecule has 1 atom stereocenters. The molecule has 7 heteroatoms. The first kappa shape index (κ1) is 25.2. The number of carbonyl (C=O) groups is 1. The second-order valence-corrected chi connectivity index (χ2v) is 9.71. The summed E-state index contributed by atoms with van der Waals surface area (Å²) in [5.74, 6) is 1.37. The van der Waals surface area contributed by atoms with Gasteiger partial charge in [0.25, 0.3) is 0 Å². The number of ketones is 1. The number of aryl methyl sites for hydroxylation is 1. The largest absolute Gasteiger partial charge is 0.507 e. The van der Waals surface area contributed by atoms with Gasteiger partial charge in [0.15, 0.2) is 17.3 Å². The van der Waals surface area contributed by atoms with Gasteiger partial charge in [-0.25, -0.2) is 0 Å². The Morgan fingerprint density at radius 3 is 2.48 bits per heavy atom. The summed E-state index contributed by atoms with van der Waals surface area (Å²) >= 11 is 0. The highest BCUT2D eigenvalue weighted by atomic mass is 16.5. The molecular formula is C33H28N2O5. The molecule has 4 aromatic carbocycles. The van der Waals surface area contributed by atoms with Crippen molar-refractivity contribution in [3.63, 3.8) is 0 Å². The van der Waals surface area contributed by atoms with E-state index in [2.05, 4.69) is 5.32 Å². The third-order valence-electron chi connectivity index (χ3n) is 7.30. The van der Waals surface area contributed by atoms with E-state index in [1.165, 1.54) is 0 Å². The van der Waals surface area contributed by atoms with Crippen molar-refractivity contribution >= 4 is 33.8 Å². The highest BCUT2D eigenvalue weighted by molar-refractivity contribution is 6.12. The highest BCUT2D eigenvalue weighted by Crippen LogP contribution is 2.40. The van der Waals surface area contributed by atoms with E-state index in [9.17, 15) is 9.90 Å². The zero-order chi connectivity index (χ0) is 27.8. The fraction of sp³-hybridized carbons (Fsp3) is 0.152. The molecule has 2 N–H and O–H groups in total. The van der Waals surface area contributed by atoms with Crippen LogP contribution in [0.5, 0.6) is 17.2 Å². The van der Waals surface area contributed by atoms with Crippen molar-refractivity contribution in [3.05, 3.63) is 113 Å². The lowest BCUT2D eigenvalue weighted by Gasteiger charge is -2.21. The molecule has 0 saturated carbocycles. The number of carbonyl (C=O) groups excluding carboxylic acids is 1. The van der Waals surface area contributed by atoms with Gasteiger partial charge in [-0.05, 0) is 42.8 Å². The smallest absolute Gasteiger partial charge is 0.228 e. The molecule has 2 heterocycles. The summed E-state index contributed by atoms with van der Waals surface area (Å²) in [6.07, 6.45) is 0.482. The second-order valence-electron chi connectivity index (χ2n) is 9.71. The maximum atomic E-state index is 13.2. The standard InChI is InChI=1S/C33H28N2O5/c1-19-22-16-23(28(36)18-30(22)40-33(19)32(37)20-9-5-4-6-10-20)27-17-26(34-24-11-7-8-12-25(24)35-27)21-13-14-29(38-2)31(15-21)39-3/h4-16,18,26,34,36H,17H2,1-3H3. The van der Waals surface area contributed by atoms with E-state index in [-0.39, 0.29) is 23.3 Å². The number of phenolic OH excluding ortho intramolecular Hbond substituents is 1. The molecule has 6 rings (SSSR count). The molecule has 1 aliphatic rings. The average Bonchev–Trinajstić information content (AvgIpc) is 3.17. The van der Waals surface area contributed by atoms with Gasteiger partial charge in [0.1, 0.15) is 11.3 Å². The number of aliphatic imine (C=N–C) groups is 1. The molecule has 200 valence electrons. The van der Waals surface area contributed by atoms with Crippen molar-refractivity contribution in [3.8, 4) is 17.2 Å². The van der Waals surface area contributed by atoms with Crippen LogP contribution < -0.4 is 14.8 Å². The Hall–Kier alpha value is -5.04. The van der Waals surface area contributed by atoms with Crippen LogP contribution in [0, 0.1) is 6.92 Å². The molecule has 0 radical (unpaired) electrons. The first-order valence-corrected chi connectivity index (χ1v) is 13.0. The van der Waals surface area contributed by atoms with Crippen LogP contribution in [0.2, 0.25) is 0 Å². The Balaban J connectivity index is 1.45. The van der Waals surface area contributed by atoms with Gasteiger partial charge in [-0.15, -0.1) is 0 Å². The lowest BCUT2D eigenvalue weighted by Crippen LogP contribution is -2.15. The molecule has 1 aromatic heterocycles. The Labute approximate surface area is 231 Å². The molecule has 1 unspecified atom stereocenters. The molecular weight excluding hydrogens is 504 g/mol. The summed E-state index contributed by atoms with van der Waals surface area (Å²) in [6, 6.07) is 25.9. The number of methoxy groups -OCH3 is 2. The number of aromatic hydroxyl groups is 1. The number of hydrogen-bond donors (Lipinski definition) is 2.